The number of rotatable bonds is 4. The molecule has 0 fully saturated rings. The maximum atomic E-state index is 13.9. The van der Waals surface area contributed by atoms with Gasteiger partial charge in [-0.25, -0.2) is 13.2 Å². The van der Waals surface area contributed by atoms with Crippen molar-refractivity contribution < 1.29 is 13.2 Å². The Hall–Kier alpha value is -1.37. The van der Waals surface area contributed by atoms with Crippen LogP contribution < -0.4 is 11.3 Å². The van der Waals surface area contributed by atoms with Gasteiger partial charge in [-0.05, 0) is 30.2 Å². The van der Waals surface area contributed by atoms with Crippen LogP contribution in [0.1, 0.15) is 17.2 Å². The Labute approximate surface area is 122 Å². The van der Waals surface area contributed by atoms with Gasteiger partial charge in [-0.1, -0.05) is 28.1 Å². The highest BCUT2D eigenvalue weighted by Crippen LogP contribution is 2.28. The van der Waals surface area contributed by atoms with Crippen molar-refractivity contribution in [3.8, 4) is 0 Å². The fourth-order valence-electron chi connectivity index (χ4n) is 2.00. The molecule has 0 amide bonds. The van der Waals surface area contributed by atoms with Crippen LogP contribution in [0.15, 0.2) is 40.9 Å². The van der Waals surface area contributed by atoms with E-state index < -0.39 is 23.5 Å². The molecule has 0 heterocycles. The summed E-state index contributed by atoms with van der Waals surface area (Å²) in [6.07, 6.45) is 0.0994. The maximum absolute atomic E-state index is 13.9. The molecule has 0 radical (unpaired) electrons. The second-order valence-electron chi connectivity index (χ2n) is 4.29. The van der Waals surface area contributed by atoms with Crippen LogP contribution in [0.25, 0.3) is 0 Å². The average Bonchev–Trinajstić information content (AvgIpc) is 2.39. The number of nitrogens with two attached hydrogens (primary N) is 1. The number of nitrogens with one attached hydrogen (secondary N) is 1. The molecule has 3 N–H and O–H groups in total. The SMILES string of the molecule is NNC(Cc1ccc(F)cc1F)c1c(F)cccc1Br. The van der Waals surface area contributed by atoms with Gasteiger partial charge in [0.25, 0.3) is 0 Å². The van der Waals surface area contributed by atoms with Crippen LogP contribution in [0.5, 0.6) is 0 Å². The molecule has 0 aromatic heterocycles. The number of hydrogen-bond donors (Lipinski definition) is 2. The summed E-state index contributed by atoms with van der Waals surface area (Å²) in [6.45, 7) is 0. The Kier molecular flexibility index (Phi) is 4.80. The summed E-state index contributed by atoms with van der Waals surface area (Å²) in [7, 11) is 0. The summed E-state index contributed by atoms with van der Waals surface area (Å²) in [4.78, 5) is 0. The van der Waals surface area contributed by atoms with Crippen LogP contribution in [0.4, 0.5) is 13.2 Å². The molecule has 0 saturated heterocycles. The summed E-state index contributed by atoms with van der Waals surface area (Å²) in [6, 6.07) is 7.15. The Morgan fingerprint density at radius 1 is 1.10 bits per heavy atom. The van der Waals surface area contributed by atoms with Crippen LogP contribution in [0.2, 0.25) is 0 Å². The third kappa shape index (κ3) is 3.20. The van der Waals surface area contributed by atoms with Gasteiger partial charge in [0.1, 0.15) is 17.5 Å². The molecule has 0 aliphatic heterocycles. The first-order valence-corrected chi connectivity index (χ1v) is 6.66. The van der Waals surface area contributed by atoms with Crippen molar-refractivity contribution in [1.82, 2.24) is 5.43 Å². The van der Waals surface area contributed by atoms with E-state index in [2.05, 4.69) is 21.4 Å². The van der Waals surface area contributed by atoms with E-state index in [1.165, 1.54) is 12.1 Å². The van der Waals surface area contributed by atoms with Gasteiger partial charge in [0.2, 0.25) is 0 Å². The predicted molar refractivity (Wildman–Crippen MR) is 74.2 cm³/mol. The largest absolute Gasteiger partial charge is 0.271 e. The molecule has 0 bridgehead atoms. The van der Waals surface area contributed by atoms with Gasteiger partial charge in [-0.3, -0.25) is 11.3 Å². The van der Waals surface area contributed by atoms with Crippen molar-refractivity contribution in [1.29, 1.82) is 0 Å². The van der Waals surface area contributed by atoms with E-state index in [9.17, 15) is 13.2 Å². The quantitative estimate of drug-likeness (QED) is 0.656. The van der Waals surface area contributed by atoms with Crippen molar-refractivity contribution in [3.63, 3.8) is 0 Å². The highest BCUT2D eigenvalue weighted by atomic mass is 79.9. The molecular formula is C14H12BrF3N2. The van der Waals surface area contributed by atoms with Crippen LogP contribution >= 0.6 is 15.9 Å². The second-order valence-corrected chi connectivity index (χ2v) is 5.15. The molecule has 0 aliphatic rings. The molecule has 0 aliphatic carbocycles. The minimum absolute atomic E-state index is 0.0994. The molecule has 106 valence electrons. The lowest BCUT2D eigenvalue weighted by atomic mass is 9.98. The van der Waals surface area contributed by atoms with Gasteiger partial charge in [0.05, 0.1) is 6.04 Å². The van der Waals surface area contributed by atoms with E-state index >= 15 is 0 Å². The summed E-state index contributed by atoms with van der Waals surface area (Å²) in [5, 5.41) is 0. The van der Waals surface area contributed by atoms with E-state index in [4.69, 9.17) is 5.84 Å². The minimum atomic E-state index is -0.683. The zero-order valence-electron chi connectivity index (χ0n) is 10.3. The number of halogens is 4. The fraction of sp³-hybridized carbons (Fsp3) is 0.143. The van der Waals surface area contributed by atoms with Gasteiger partial charge in [-0.15, -0.1) is 0 Å². The smallest absolute Gasteiger partial charge is 0.129 e. The fourth-order valence-corrected chi connectivity index (χ4v) is 2.61. The standard InChI is InChI=1S/C14H12BrF3N2/c15-10-2-1-3-11(17)14(10)13(20-19)6-8-4-5-9(16)7-12(8)18/h1-5,7,13,20H,6,19H2. The monoisotopic (exact) mass is 344 g/mol. The number of benzene rings is 2. The minimum Gasteiger partial charge on any atom is -0.271 e. The summed E-state index contributed by atoms with van der Waals surface area (Å²) in [5.41, 5.74) is 3.02. The van der Waals surface area contributed by atoms with Crippen molar-refractivity contribution >= 4 is 15.9 Å². The second kappa shape index (κ2) is 6.39. The molecule has 2 nitrogen and oxygen atoms in total. The third-order valence-electron chi connectivity index (χ3n) is 2.99. The topological polar surface area (TPSA) is 38.0 Å². The highest BCUT2D eigenvalue weighted by molar-refractivity contribution is 9.10. The van der Waals surface area contributed by atoms with Gasteiger partial charge in [-0.2, -0.15) is 0 Å². The first kappa shape index (κ1) is 15.0. The molecular weight excluding hydrogens is 333 g/mol. The predicted octanol–water partition coefficient (Wildman–Crippen LogP) is 3.61. The Bertz CT molecular complexity index is 599. The molecule has 2 aromatic rings. The lowest BCUT2D eigenvalue weighted by Crippen LogP contribution is -2.30. The molecule has 0 spiro atoms. The highest BCUT2D eigenvalue weighted by Gasteiger charge is 2.19. The van der Waals surface area contributed by atoms with Crippen molar-refractivity contribution in [2.24, 2.45) is 5.84 Å². The number of hydrazine groups is 1. The molecule has 1 atom stereocenters. The first-order valence-electron chi connectivity index (χ1n) is 5.87. The molecule has 20 heavy (non-hydrogen) atoms. The van der Waals surface area contributed by atoms with Gasteiger partial charge >= 0.3 is 0 Å². The Balaban J connectivity index is 2.34. The van der Waals surface area contributed by atoms with Gasteiger partial charge in [0.15, 0.2) is 0 Å². The first-order chi connectivity index (χ1) is 9.52. The zero-order valence-corrected chi connectivity index (χ0v) is 11.9. The van der Waals surface area contributed by atoms with Crippen molar-refractivity contribution in [2.45, 2.75) is 12.5 Å². The van der Waals surface area contributed by atoms with E-state index in [1.807, 2.05) is 0 Å². The van der Waals surface area contributed by atoms with E-state index in [0.717, 1.165) is 12.1 Å². The maximum Gasteiger partial charge on any atom is 0.129 e. The summed E-state index contributed by atoms with van der Waals surface area (Å²) in [5.74, 6) is 3.64. The Morgan fingerprint density at radius 2 is 1.85 bits per heavy atom. The average molecular weight is 345 g/mol. The lowest BCUT2D eigenvalue weighted by Gasteiger charge is -2.19. The van der Waals surface area contributed by atoms with Crippen LogP contribution in [0.3, 0.4) is 0 Å². The molecule has 2 aromatic carbocycles. The van der Waals surface area contributed by atoms with Gasteiger partial charge in [0, 0.05) is 16.1 Å². The van der Waals surface area contributed by atoms with Crippen LogP contribution in [0, 0.1) is 17.5 Å². The van der Waals surface area contributed by atoms with Crippen LogP contribution in [-0.4, -0.2) is 0 Å². The third-order valence-corrected chi connectivity index (χ3v) is 3.68. The Morgan fingerprint density at radius 3 is 2.45 bits per heavy atom. The van der Waals surface area contributed by atoms with Crippen LogP contribution in [-0.2, 0) is 6.42 Å². The van der Waals surface area contributed by atoms with E-state index in [0.29, 0.717) is 10.0 Å². The molecule has 0 saturated carbocycles. The van der Waals surface area contributed by atoms with Crippen molar-refractivity contribution in [3.05, 3.63) is 69.4 Å². The molecule has 6 heteroatoms. The molecule has 1 unspecified atom stereocenters. The van der Waals surface area contributed by atoms with E-state index in [-0.39, 0.29) is 12.0 Å². The zero-order chi connectivity index (χ0) is 14.7. The van der Waals surface area contributed by atoms with Crippen molar-refractivity contribution in [2.75, 3.05) is 0 Å². The number of hydrogen-bond acceptors (Lipinski definition) is 2. The van der Waals surface area contributed by atoms with Gasteiger partial charge < -0.3 is 0 Å². The normalized spacial score (nSPS) is 12.4. The molecule has 2 rings (SSSR count). The summed E-state index contributed by atoms with van der Waals surface area (Å²) >= 11 is 3.24. The van der Waals surface area contributed by atoms with E-state index in [1.54, 1.807) is 12.1 Å². The lowest BCUT2D eigenvalue weighted by molar-refractivity contribution is 0.494. The summed E-state index contributed by atoms with van der Waals surface area (Å²) < 4.78 is 40.9.